The van der Waals surface area contributed by atoms with E-state index < -0.39 is 0 Å². The van der Waals surface area contributed by atoms with Gasteiger partial charge in [0.2, 0.25) is 0 Å². The van der Waals surface area contributed by atoms with E-state index >= 15 is 0 Å². The van der Waals surface area contributed by atoms with Crippen molar-refractivity contribution in [1.82, 2.24) is 19.6 Å². The summed E-state index contributed by atoms with van der Waals surface area (Å²) in [6, 6.07) is 19.9. The van der Waals surface area contributed by atoms with Crippen LogP contribution in [0, 0.1) is 25.5 Å². The number of benzene rings is 2. The van der Waals surface area contributed by atoms with Crippen LogP contribution >= 0.6 is 0 Å². The Hall–Kier alpha value is -2.19. The SMILES string of the molecule is [Pt+4].[c-]1c2cccc1CN1C=CN([CH-]1)Cc1[c-]c(ccc1)CN1C=CN([CH-]1)C2. The Balaban J connectivity index is 0.00000180. The smallest absolute Gasteiger partial charge is 0.506 e. The fourth-order valence-corrected chi connectivity index (χ4v) is 3.55. The monoisotopic (exact) mass is 535 g/mol. The summed E-state index contributed by atoms with van der Waals surface area (Å²) in [4.78, 5) is 8.81. The number of fused-ring (bicyclic) bond motifs is 8. The van der Waals surface area contributed by atoms with Crippen molar-refractivity contribution in [2.24, 2.45) is 0 Å². The molecule has 5 heteroatoms. The molecule has 2 aromatic carbocycles. The van der Waals surface area contributed by atoms with Gasteiger partial charge in [-0.3, -0.25) is 0 Å². The Kier molecular flexibility index (Phi) is 5.26. The summed E-state index contributed by atoms with van der Waals surface area (Å²) in [6.07, 6.45) is 8.48. The van der Waals surface area contributed by atoms with E-state index in [0.717, 1.165) is 26.2 Å². The maximum absolute atomic E-state index is 3.56. The molecule has 8 bridgehead atoms. The summed E-state index contributed by atoms with van der Waals surface area (Å²) >= 11 is 0. The van der Waals surface area contributed by atoms with Crippen LogP contribution in [-0.2, 0) is 47.2 Å². The molecular weight excluding hydrogens is 515 g/mol. The van der Waals surface area contributed by atoms with Crippen LogP contribution < -0.4 is 0 Å². The minimum Gasteiger partial charge on any atom is -0.506 e. The van der Waals surface area contributed by atoms with Gasteiger partial charge in [-0.15, -0.1) is 22.3 Å². The van der Waals surface area contributed by atoms with Gasteiger partial charge in [0, 0.05) is 0 Å². The van der Waals surface area contributed by atoms with Crippen molar-refractivity contribution in [3.05, 3.63) is 109 Å². The second-order valence-electron chi connectivity index (χ2n) is 6.92. The third-order valence-electron chi connectivity index (χ3n) is 4.74. The molecule has 5 rings (SSSR count). The summed E-state index contributed by atoms with van der Waals surface area (Å²) in [5, 5.41) is 0. The standard InChI is InChI=1S/C22H20N4.Pt/c1-3-19-11-20(4-1)14-24-8-10-26(18-24)16-22-6-2-5-21(12-22)15-25-9-7-23(13-19)17-25;/h1-10,17-18H,13-16H2;/q-4;+4. The van der Waals surface area contributed by atoms with E-state index in [4.69, 9.17) is 0 Å². The van der Waals surface area contributed by atoms with Crippen molar-refractivity contribution in [2.75, 3.05) is 0 Å². The first-order chi connectivity index (χ1) is 12.8. The molecule has 0 fully saturated rings. The molecule has 0 N–H and O–H groups in total. The molecule has 3 aliphatic rings. The van der Waals surface area contributed by atoms with E-state index in [0.29, 0.717) is 0 Å². The molecule has 2 aromatic rings. The summed E-state index contributed by atoms with van der Waals surface area (Å²) in [5.74, 6) is 0. The first-order valence-electron chi connectivity index (χ1n) is 8.90. The molecule has 138 valence electrons. The first kappa shape index (κ1) is 18.2. The average Bonchev–Trinajstić information content (AvgIpc) is 3.24. The van der Waals surface area contributed by atoms with E-state index in [2.05, 4.69) is 106 Å². The van der Waals surface area contributed by atoms with Gasteiger partial charge in [0.15, 0.2) is 0 Å². The molecule has 4 nitrogen and oxygen atoms in total. The van der Waals surface area contributed by atoms with Gasteiger partial charge in [0.05, 0.1) is 0 Å². The van der Waals surface area contributed by atoms with Crippen molar-refractivity contribution in [3.8, 4) is 0 Å². The van der Waals surface area contributed by atoms with E-state index in [9.17, 15) is 0 Å². The predicted octanol–water partition coefficient (Wildman–Crippen LogP) is 3.41. The molecule has 0 radical (unpaired) electrons. The van der Waals surface area contributed by atoms with E-state index in [-0.39, 0.29) is 21.1 Å². The quantitative estimate of drug-likeness (QED) is 0.480. The molecule has 0 atom stereocenters. The van der Waals surface area contributed by atoms with E-state index in [1.807, 2.05) is 0 Å². The largest absolute Gasteiger partial charge is 4.00 e. The zero-order valence-electron chi connectivity index (χ0n) is 14.9. The first-order valence-corrected chi connectivity index (χ1v) is 8.90. The summed E-state index contributed by atoms with van der Waals surface area (Å²) in [5.41, 5.74) is 4.80. The van der Waals surface area contributed by atoms with Crippen LogP contribution in [0.15, 0.2) is 61.2 Å². The van der Waals surface area contributed by atoms with Crippen LogP contribution in [0.1, 0.15) is 22.3 Å². The number of nitrogens with zero attached hydrogens (tertiary/aromatic N) is 4. The van der Waals surface area contributed by atoms with Crippen LogP contribution in [0.5, 0.6) is 0 Å². The second-order valence-corrected chi connectivity index (χ2v) is 6.92. The van der Waals surface area contributed by atoms with Gasteiger partial charge >= 0.3 is 21.1 Å². The fraction of sp³-hybridized carbons (Fsp3) is 0.182. The molecule has 0 amide bonds. The minimum absolute atomic E-state index is 0. The van der Waals surface area contributed by atoms with Crippen molar-refractivity contribution in [3.63, 3.8) is 0 Å². The zero-order chi connectivity index (χ0) is 17.3. The van der Waals surface area contributed by atoms with E-state index in [1.165, 1.54) is 22.3 Å². The van der Waals surface area contributed by atoms with Crippen LogP contribution in [0.4, 0.5) is 0 Å². The van der Waals surface area contributed by atoms with Gasteiger partial charge in [-0.2, -0.15) is 61.9 Å². The molecular formula is C22H20N4Pt. The average molecular weight is 536 g/mol. The van der Waals surface area contributed by atoms with Gasteiger partial charge in [0.1, 0.15) is 0 Å². The molecule has 3 aliphatic heterocycles. The van der Waals surface area contributed by atoms with Gasteiger partial charge in [-0.05, 0) is 51.0 Å². The maximum atomic E-state index is 3.56. The number of hydrogen-bond acceptors (Lipinski definition) is 4. The number of rotatable bonds is 0. The predicted molar refractivity (Wildman–Crippen MR) is 99.6 cm³/mol. The van der Waals surface area contributed by atoms with Crippen molar-refractivity contribution in [2.45, 2.75) is 26.2 Å². The van der Waals surface area contributed by atoms with Crippen molar-refractivity contribution in [1.29, 1.82) is 0 Å². The Labute approximate surface area is 175 Å². The molecule has 0 saturated carbocycles. The molecule has 3 heterocycles. The molecule has 27 heavy (non-hydrogen) atoms. The molecule has 0 saturated heterocycles. The topological polar surface area (TPSA) is 13.0 Å². The van der Waals surface area contributed by atoms with E-state index in [1.54, 1.807) is 0 Å². The third-order valence-corrected chi connectivity index (χ3v) is 4.74. The van der Waals surface area contributed by atoms with Gasteiger partial charge in [0.25, 0.3) is 0 Å². The molecule has 0 unspecified atom stereocenters. The molecule has 0 aromatic heterocycles. The molecule has 0 aliphatic carbocycles. The van der Waals surface area contributed by atoms with Gasteiger partial charge in [-0.1, -0.05) is 0 Å². The number of hydrogen-bond donors (Lipinski definition) is 0. The Morgan fingerprint density at radius 3 is 1.15 bits per heavy atom. The van der Waals surface area contributed by atoms with Gasteiger partial charge < -0.3 is 19.6 Å². The van der Waals surface area contributed by atoms with Crippen LogP contribution in [0.3, 0.4) is 0 Å². The Morgan fingerprint density at radius 1 is 0.556 bits per heavy atom. The minimum atomic E-state index is 0. The van der Waals surface area contributed by atoms with Gasteiger partial charge in [-0.25, -0.2) is 0 Å². The summed E-state index contributed by atoms with van der Waals surface area (Å²) in [6.45, 7) is 7.62. The van der Waals surface area contributed by atoms with Crippen molar-refractivity contribution < 1.29 is 21.1 Å². The summed E-state index contributed by atoms with van der Waals surface area (Å²) in [7, 11) is 0. The second kappa shape index (κ2) is 7.82. The Bertz CT molecular complexity index is 733. The normalized spacial score (nSPS) is 18.1. The molecule has 0 spiro atoms. The Morgan fingerprint density at radius 2 is 0.852 bits per heavy atom. The van der Waals surface area contributed by atoms with Crippen LogP contribution in [0.2, 0.25) is 0 Å². The van der Waals surface area contributed by atoms with Crippen LogP contribution in [-0.4, -0.2) is 19.6 Å². The third kappa shape index (κ3) is 4.22. The van der Waals surface area contributed by atoms with Crippen molar-refractivity contribution >= 4 is 0 Å². The fourth-order valence-electron chi connectivity index (χ4n) is 3.55. The van der Waals surface area contributed by atoms with Crippen LogP contribution in [0.25, 0.3) is 0 Å². The zero-order valence-corrected chi connectivity index (χ0v) is 17.1. The summed E-state index contributed by atoms with van der Waals surface area (Å²) < 4.78 is 0. The maximum Gasteiger partial charge on any atom is 4.00 e.